The number of halogens is 1. The second kappa shape index (κ2) is 8.48. The lowest BCUT2D eigenvalue weighted by molar-refractivity contribution is 0.0149. The van der Waals surface area contributed by atoms with Crippen LogP contribution in [-0.4, -0.2) is 46.1 Å². The van der Waals surface area contributed by atoms with Crippen LogP contribution in [0, 0.1) is 0 Å². The second-order valence-electron chi connectivity index (χ2n) is 9.40. The fourth-order valence-corrected chi connectivity index (χ4v) is 4.64. The van der Waals surface area contributed by atoms with Gasteiger partial charge in [-0.2, -0.15) is 0 Å². The first kappa shape index (κ1) is 23.3. The SMILES string of the molecule is CC(=O)c1nc(Br)c(N)nc1N1CCC2(CC1)Oc1ccccc1[C@H]2NC(=O)OC(C)(C)C. The molecule has 1 amide bonds. The topological polar surface area (TPSA) is 120 Å². The minimum Gasteiger partial charge on any atom is -0.484 e. The van der Waals surface area contributed by atoms with Crippen LogP contribution in [0.25, 0.3) is 0 Å². The summed E-state index contributed by atoms with van der Waals surface area (Å²) in [6.07, 6.45) is 0.703. The largest absolute Gasteiger partial charge is 0.484 e. The van der Waals surface area contributed by atoms with Crippen LogP contribution in [0.2, 0.25) is 0 Å². The smallest absolute Gasteiger partial charge is 0.408 e. The van der Waals surface area contributed by atoms with E-state index in [2.05, 4.69) is 31.2 Å². The van der Waals surface area contributed by atoms with Crippen molar-refractivity contribution in [2.75, 3.05) is 23.7 Å². The standard InChI is InChI=1S/C23H28BrN5O4/c1-13(30)16-20(28-19(25)18(24)26-16)29-11-9-23(10-12-29)17(27-21(31)33-22(2,3)4)14-7-5-6-8-15(14)32-23/h5-8,17H,9-12H2,1-4H3,(H2,25,28)(H,27,31)/t17-/m1/s1. The molecule has 0 saturated carbocycles. The number of nitrogens with two attached hydrogens (primary N) is 1. The summed E-state index contributed by atoms with van der Waals surface area (Å²) in [4.78, 5) is 35.5. The number of alkyl carbamates (subject to hydrolysis) is 1. The third kappa shape index (κ3) is 4.62. The van der Waals surface area contributed by atoms with Crippen molar-refractivity contribution in [1.82, 2.24) is 15.3 Å². The number of benzene rings is 1. The van der Waals surface area contributed by atoms with E-state index in [1.54, 1.807) is 0 Å². The Labute approximate surface area is 201 Å². The summed E-state index contributed by atoms with van der Waals surface area (Å²) in [7, 11) is 0. The monoisotopic (exact) mass is 517 g/mol. The van der Waals surface area contributed by atoms with E-state index in [0.29, 0.717) is 36.4 Å². The fourth-order valence-electron chi connectivity index (χ4n) is 4.37. The minimum atomic E-state index is -0.637. The van der Waals surface area contributed by atoms with E-state index in [0.717, 1.165) is 11.3 Å². The highest BCUT2D eigenvalue weighted by molar-refractivity contribution is 9.10. The minimum absolute atomic E-state index is 0.188. The number of carbonyl (C=O) groups excluding carboxylic acids is 2. The highest BCUT2D eigenvalue weighted by Gasteiger charge is 2.51. The van der Waals surface area contributed by atoms with Gasteiger partial charge in [-0.25, -0.2) is 14.8 Å². The summed E-state index contributed by atoms with van der Waals surface area (Å²) in [5, 5.41) is 3.04. The molecule has 1 aromatic carbocycles. The predicted octanol–water partition coefficient (Wildman–Crippen LogP) is 4.02. The van der Waals surface area contributed by atoms with Crippen LogP contribution in [0.5, 0.6) is 5.75 Å². The van der Waals surface area contributed by atoms with Crippen molar-refractivity contribution < 1.29 is 19.1 Å². The number of ether oxygens (including phenoxy) is 2. The highest BCUT2D eigenvalue weighted by atomic mass is 79.9. The van der Waals surface area contributed by atoms with Crippen molar-refractivity contribution in [2.45, 2.75) is 57.8 Å². The molecule has 0 radical (unpaired) electrons. The zero-order chi connectivity index (χ0) is 24.0. The number of aromatic nitrogens is 2. The lowest BCUT2D eigenvalue weighted by Gasteiger charge is -2.42. The van der Waals surface area contributed by atoms with Crippen LogP contribution in [0.4, 0.5) is 16.4 Å². The molecule has 0 aliphatic carbocycles. The molecule has 10 heteroatoms. The number of nitrogens with zero attached hydrogens (tertiary/aromatic N) is 3. The Kier molecular flexibility index (Phi) is 5.98. The molecule has 1 saturated heterocycles. The number of rotatable bonds is 3. The van der Waals surface area contributed by atoms with Gasteiger partial charge in [0.15, 0.2) is 17.4 Å². The quantitative estimate of drug-likeness (QED) is 0.585. The molecule has 1 aromatic heterocycles. The summed E-state index contributed by atoms with van der Waals surface area (Å²) in [5.41, 5.74) is 5.90. The van der Waals surface area contributed by atoms with Gasteiger partial charge in [0.25, 0.3) is 0 Å². The van der Waals surface area contributed by atoms with Gasteiger partial charge in [-0.15, -0.1) is 0 Å². The number of hydrogen-bond acceptors (Lipinski definition) is 8. The van der Waals surface area contributed by atoms with E-state index < -0.39 is 17.3 Å². The number of para-hydroxylation sites is 1. The summed E-state index contributed by atoms with van der Waals surface area (Å²) >= 11 is 3.25. The Balaban J connectivity index is 1.59. The van der Waals surface area contributed by atoms with E-state index in [9.17, 15) is 9.59 Å². The number of carbonyl (C=O) groups is 2. The average Bonchev–Trinajstić information content (AvgIpc) is 3.01. The molecule has 33 heavy (non-hydrogen) atoms. The van der Waals surface area contributed by atoms with E-state index in [4.69, 9.17) is 15.2 Å². The molecule has 9 nitrogen and oxygen atoms in total. The van der Waals surface area contributed by atoms with Crippen LogP contribution >= 0.6 is 15.9 Å². The summed E-state index contributed by atoms with van der Waals surface area (Å²) in [5.74, 6) is 1.26. The van der Waals surface area contributed by atoms with Crippen LogP contribution in [-0.2, 0) is 4.74 Å². The van der Waals surface area contributed by atoms with E-state index in [1.165, 1.54) is 6.92 Å². The van der Waals surface area contributed by atoms with Gasteiger partial charge in [0.05, 0.1) is 0 Å². The number of amides is 1. The number of nitrogen functional groups attached to an aromatic ring is 1. The molecule has 3 heterocycles. The summed E-state index contributed by atoms with van der Waals surface area (Å²) in [6, 6.07) is 7.36. The fraction of sp³-hybridized carbons (Fsp3) is 0.478. The first-order valence-electron chi connectivity index (χ1n) is 10.9. The van der Waals surface area contributed by atoms with Gasteiger partial charge >= 0.3 is 6.09 Å². The molecule has 1 atom stereocenters. The number of ketones is 1. The van der Waals surface area contributed by atoms with Crippen molar-refractivity contribution >= 4 is 39.4 Å². The van der Waals surface area contributed by atoms with Crippen molar-refractivity contribution in [3.05, 3.63) is 40.1 Å². The average molecular weight is 518 g/mol. The number of nitrogens with one attached hydrogen (secondary N) is 1. The molecule has 2 aliphatic rings. The van der Waals surface area contributed by atoms with E-state index in [1.807, 2.05) is 49.9 Å². The van der Waals surface area contributed by atoms with Gasteiger partial charge in [-0.3, -0.25) is 4.79 Å². The highest BCUT2D eigenvalue weighted by Crippen LogP contribution is 2.48. The van der Waals surface area contributed by atoms with Crippen LogP contribution in [0.3, 0.4) is 0 Å². The van der Waals surface area contributed by atoms with E-state index >= 15 is 0 Å². The van der Waals surface area contributed by atoms with Crippen molar-refractivity contribution in [2.24, 2.45) is 0 Å². The van der Waals surface area contributed by atoms with Crippen LogP contribution in [0.15, 0.2) is 28.9 Å². The maximum atomic E-state index is 12.7. The molecule has 2 aliphatic heterocycles. The van der Waals surface area contributed by atoms with Crippen molar-refractivity contribution in [3.63, 3.8) is 0 Å². The van der Waals surface area contributed by atoms with Gasteiger partial charge in [-0.05, 0) is 42.8 Å². The lowest BCUT2D eigenvalue weighted by atomic mass is 9.82. The molecular formula is C23H28BrN5O4. The molecule has 176 valence electrons. The van der Waals surface area contributed by atoms with Crippen molar-refractivity contribution in [1.29, 1.82) is 0 Å². The number of fused-ring (bicyclic) bond motifs is 1. The van der Waals surface area contributed by atoms with Crippen LogP contribution < -0.4 is 20.7 Å². The van der Waals surface area contributed by atoms with Gasteiger partial charge < -0.3 is 25.4 Å². The van der Waals surface area contributed by atoms with Gasteiger partial charge in [0.2, 0.25) is 0 Å². The Morgan fingerprint density at radius 2 is 1.91 bits per heavy atom. The van der Waals surface area contributed by atoms with Gasteiger partial charge in [-0.1, -0.05) is 18.2 Å². The summed E-state index contributed by atoms with van der Waals surface area (Å²) < 4.78 is 12.3. The molecule has 1 fully saturated rings. The van der Waals surface area contributed by atoms with Gasteiger partial charge in [0.1, 0.15) is 33.3 Å². The number of piperidine rings is 1. The lowest BCUT2D eigenvalue weighted by Crippen LogP contribution is -2.54. The first-order chi connectivity index (χ1) is 15.5. The second-order valence-corrected chi connectivity index (χ2v) is 10.2. The zero-order valence-corrected chi connectivity index (χ0v) is 20.7. The maximum Gasteiger partial charge on any atom is 0.408 e. The zero-order valence-electron chi connectivity index (χ0n) is 19.1. The molecule has 1 spiro atoms. The predicted molar refractivity (Wildman–Crippen MR) is 128 cm³/mol. The van der Waals surface area contributed by atoms with Crippen LogP contribution in [0.1, 0.15) is 62.6 Å². The Hall–Kier alpha value is -2.88. The molecule has 3 N–H and O–H groups in total. The number of hydrogen-bond donors (Lipinski definition) is 2. The Morgan fingerprint density at radius 1 is 1.24 bits per heavy atom. The molecular weight excluding hydrogens is 490 g/mol. The molecule has 0 bridgehead atoms. The maximum absolute atomic E-state index is 12.7. The third-order valence-electron chi connectivity index (χ3n) is 5.83. The number of Topliss-reactive ketones (excluding diaryl/α,β-unsaturated/α-hetero) is 1. The Morgan fingerprint density at radius 3 is 2.55 bits per heavy atom. The molecule has 0 unspecified atom stereocenters. The number of anilines is 2. The van der Waals surface area contributed by atoms with Gasteiger partial charge in [0, 0.05) is 38.4 Å². The summed E-state index contributed by atoms with van der Waals surface area (Å²) in [6.45, 7) is 8.05. The van der Waals surface area contributed by atoms with Crippen molar-refractivity contribution in [3.8, 4) is 5.75 Å². The Bertz CT molecular complexity index is 1090. The molecule has 4 rings (SSSR count). The normalized spacial score (nSPS) is 19.1. The van der Waals surface area contributed by atoms with E-state index in [-0.39, 0.29) is 23.3 Å². The molecule has 2 aromatic rings. The third-order valence-corrected chi connectivity index (χ3v) is 6.42. The first-order valence-corrected chi connectivity index (χ1v) is 11.6.